The lowest BCUT2D eigenvalue weighted by Gasteiger charge is -2.18. The van der Waals surface area contributed by atoms with Crippen molar-refractivity contribution >= 4 is 221 Å². The molecule has 20 heteroatoms. The molecule has 0 aliphatic heterocycles. The maximum atomic E-state index is 15.3. The fourth-order valence-electron chi connectivity index (χ4n) is 20.5. The number of hydrogen-bond acceptors (Lipinski definition) is 10. The van der Waals surface area contributed by atoms with E-state index in [0.29, 0.717) is 240 Å². The minimum absolute atomic E-state index is 0.314. The normalized spacial score (nSPS) is 12.0. The van der Waals surface area contributed by atoms with Gasteiger partial charge >= 0.3 is 0 Å². The molecule has 128 heavy (non-hydrogen) atoms. The molecular formula is C108H86N12O8. The van der Waals surface area contributed by atoms with Gasteiger partial charge in [-0.3, -0.25) is 38.4 Å². The molecule has 8 amide bonds. The molecular weight excluding hydrogens is 1590 g/mol. The second-order valence-electron chi connectivity index (χ2n) is 35.2. The van der Waals surface area contributed by atoms with Crippen LogP contribution in [0.3, 0.4) is 0 Å². The second kappa shape index (κ2) is 28.8. The van der Waals surface area contributed by atoms with Gasteiger partial charge in [-0.2, -0.15) is 0 Å². The average Bonchev–Trinajstić information content (AvgIpc) is 1.51. The Bertz CT molecular complexity index is 7220. The molecule has 20 nitrogen and oxygen atoms in total. The number of nitrogens with zero attached hydrogens (tertiary/aromatic N) is 10. The van der Waals surface area contributed by atoms with Crippen molar-refractivity contribution in [3.05, 3.63) is 263 Å². The van der Waals surface area contributed by atoms with Crippen molar-refractivity contribution in [2.24, 2.45) is 0 Å². The summed E-state index contributed by atoms with van der Waals surface area (Å²) in [5.74, 6) is -2.51. The zero-order valence-electron chi connectivity index (χ0n) is 73.5. The summed E-state index contributed by atoms with van der Waals surface area (Å²) in [6.07, 6.45) is 0. The van der Waals surface area contributed by atoms with E-state index in [9.17, 15) is 0 Å². The summed E-state index contributed by atoms with van der Waals surface area (Å²) in [7, 11) is 27.3. The number of carbonyl (C=O) groups is 8. The van der Waals surface area contributed by atoms with Gasteiger partial charge in [-0.25, -0.2) is 9.97 Å². The molecule has 0 aliphatic carbocycles. The van der Waals surface area contributed by atoms with Crippen molar-refractivity contribution in [2.75, 3.05) is 113 Å². The molecule has 4 heterocycles. The van der Waals surface area contributed by atoms with E-state index < -0.39 is 0 Å². The predicted octanol–water partition coefficient (Wildman–Crippen LogP) is 20.7. The van der Waals surface area contributed by atoms with Gasteiger partial charge in [-0.1, -0.05) is 170 Å². The Morgan fingerprint density at radius 2 is 0.328 bits per heavy atom. The molecule has 0 radical (unpaired) electrons. The number of aromatic nitrogens is 4. The summed E-state index contributed by atoms with van der Waals surface area (Å²) in [5.41, 5.74) is 12.3. The first kappa shape index (κ1) is 79.2. The van der Waals surface area contributed by atoms with Crippen LogP contribution in [0.25, 0.3) is 218 Å². The Labute approximate surface area is 734 Å². The van der Waals surface area contributed by atoms with Crippen molar-refractivity contribution < 1.29 is 38.4 Å². The summed E-state index contributed by atoms with van der Waals surface area (Å²) >= 11 is 0. The van der Waals surface area contributed by atoms with Gasteiger partial charge in [0.25, 0.3) is 47.3 Å². The minimum Gasteiger partial charge on any atom is -0.353 e. The highest BCUT2D eigenvalue weighted by Crippen LogP contribution is 2.58. The van der Waals surface area contributed by atoms with Crippen LogP contribution in [0.2, 0.25) is 0 Å². The molecule has 626 valence electrons. The number of aromatic amines is 2. The van der Waals surface area contributed by atoms with E-state index in [0.717, 1.165) is 22.3 Å². The number of amides is 8. The molecule has 2 N–H and O–H groups in total. The zero-order chi connectivity index (χ0) is 89.2. The lowest BCUT2D eigenvalue weighted by molar-refractivity contribution is 0.0816. The molecule has 4 aromatic heterocycles. The van der Waals surface area contributed by atoms with Gasteiger partial charge < -0.3 is 49.2 Å². The summed E-state index contributed by atoms with van der Waals surface area (Å²) < 4.78 is 0. The Morgan fingerprint density at radius 3 is 0.477 bits per heavy atom. The number of carbonyl (C=O) groups excluding carboxylic acids is 8. The second-order valence-corrected chi connectivity index (χ2v) is 35.2. The van der Waals surface area contributed by atoms with E-state index in [2.05, 4.69) is 58.5 Å². The van der Waals surface area contributed by atoms with Crippen molar-refractivity contribution in [1.82, 2.24) is 59.1 Å². The van der Waals surface area contributed by atoms with Crippen LogP contribution in [0.5, 0.6) is 0 Å². The van der Waals surface area contributed by atoms with Crippen molar-refractivity contribution in [3.8, 4) is 44.5 Å². The summed E-state index contributed by atoms with van der Waals surface area (Å²) in [4.78, 5) is 156. The molecule has 17 aromatic carbocycles. The minimum atomic E-state index is -0.314. The Hall–Kier alpha value is -16.0. The van der Waals surface area contributed by atoms with Crippen LogP contribution in [-0.4, -0.2) is 219 Å². The van der Waals surface area contributed by atoms with Gasteiger partial charge in [0.05, 0.1) is 44.1 Å². The first-order chi connectivity index (χ1) is 61.6. The van der Waals surface area contributed by atoms with E-state index in [1.807, 2.05) is 170 Å². The molecule has 0 saturated carbocycles. The van der Waals surface area contributed by atoms with Gasteiger partial charge in [0.15, 0.2) is 0 Å². The standard InChI is InChI=1S/C108H86N12O8/c1-113(2)101(121)65-45-37-57-77-58(38-46-66(81(65)77)102(122)114(3)4)86-85(57)93-73(53-29-21-17-22-30-53)95-87-59-39-47-67(103(123)115(5)6)82-69(105(125)117(9)10)49-41-61(78(59)82)89(87)97(110-95)75(55-33-25-19-26-34-55)99-91-63-43-51-71(107(127)119(13)14)84-72(108(128)120(15)16)52-44-64(80(63)84)92(91)100(112-99)76(56-35-27-20-28-36-56)98-90-62-42-50-70(106(126)118(11)12)83-68(104(124)116(7)8)48-40-60(79(62)83)88(90)96(111-98)74(94(86)109-93)54-31-23-18-24-32-54/h17-52,109,112H,1-16H3. The van der Waals surface area contributed by atoms with E-state index in [1.165, 1.54) is 39.2 Å². The lowest BCUT2D eigenvalue weighted by Crippen LogP contribution is -2.25. The maximum absolute atomic E-state index is 15.3. The molecule has 0 saturated heterocycles. The van der Waals surface area contributed by atoms with Crippen molar-refractivity contribution in [1.29, 1.82) is 0 Å². The lowest BCUT2D eigenvalue weighted by atomic mass is 9.94. The highest BCUT2D eigenvalue weighted by molar-refractivity contribution is 6.50. The van der Waals surface area contributed by atoms with Crippen molar-refractivity contribution in [3.63, 3.8) is 0 Å². The molecule has 21 rings (SSSR count). The van der Waals surface area contributed by atoms with Crippen molar-refractivity contribution in [2.45, 2.75) is 0 Å². The van der Waals surface area contributed by atoms with Crippen LogP contribution in [-0.2, 0) is 0 Å². The fraction of sp³-hybridized carbons (Fsp3) is 0.148. The summed E-state index contributed by atoms with van der Waals surface area (Å²) in [6.45, 7) is 0. The molecule has 8 bridgehead atoms. The predicted molar refractivity (Wildman–Crippen MR) is 519 cm³/mol. The van der Waals surface area contributed by atoms with Crippen LogP contribution in [0.15, 0.2) is 218 Å². The Morgan fingerprint density at radius 1 is 0.180 bits per heavy atom. The van der Waals surface area contributed by atoms with E-state index in [4.69, 9.17) is 9.97 Å². The van der Waals surface area contributed by atoms with Crippen LogP contribution in [0.4, 0.5) is 0 Å². The largest absolute Gasteiger partial charge is 0.353 e. The monoisotopic (exact) mass is 1680 g/mol. The molecule has 0 spiro atoms. The topological polar surface area (TPSA) is 220 Å². The quantitative estimate of drug-likeness (QED) is 0.118. The third-order valence-electron chi connectivity index (χ3n) is 26.0. The van der Waals surface area contributed by atoms with Gasteiger partial charge in [0, 0.05) is 244 Å². The number of H-pyrrole nitrogens is 2. The fourth-order valence-corrected chi connectivity index (χ4v) is 20.5. The number of rotatable bonds is 12. The van der Waals surface area contributed by atoms with E-state index in [-0.39, 0.29) is 47.3 Å². The molecule has 0 atom stereocenters. The van der Waals surface area contributed by atoms with Gasteiger partial charge in [0.1, 0.15) is 0 Å². The maximum Gasteiger partial charge on any atom is 0.253 e. The first-order valence-corrected chi connectivity index (χ1v) is 42.4. The zero-order valence-corrected chi connectivity index (χ0v) is 73.5. The van der Waals surface area contributed by atoms with Crippen LogP contribution in [0.1, 0.15) is 82.9 Å². The summed E-state index contributed by atoms with van der Waals surface area (Å²) in [5, 5.41) is 15.7. The van der Waals surface area contributed by atoms with E-state index in [1.54, 1.807) is 113 Å². The Balaban J connectivity index is 1.18. The SMILES string of the molecule is CN(C)C(=O)c1ccc2c3c1c(C(=O)N(C)C)ccc3c1c3nc(c(-c4ccccc4)c4[nH]c(c(-c5ccccc5)c5nc(c(-c6ccccc6)c6[nH]c(c3-c3ccccc3)c3c7ccc(C(=O)N(C)C)c8c(C(=O)N(C)C)ccc(c87)c63)c3c6ccc(C(=O)N(C)C)c7c(C(=O)N(C)C)ccc(c76)c53)c3c5ccc(C(=O)N(C)C)c6c(C(=O)N(C)C)ccc(c65)c43)c21. The first-order valence-electron chi connectivity index (χ1n) is 42.4. The molecule has 21 aromatic rings. The number of hydrogen-bond donors (Lipinski definition) is 2. The summed E-state index contributed by atoms with van der Waals surface area (Å²) in [6, 6.07) is 71.2. The molecule has 0 aliphatic rings. The molecule has 0 fully saturated rings. The molecule has 0 unspecified atom stereocenters. The highest BCUT2D eigenvalue weighted by Gasteiger charge is 2.37. The third-order valence-corrected chi connectivity index (χ3v) is 26.0. The number of nitrogens with one attached hydrogen (secondary N) is 2. The van der Waals surface area contributed by atoms with Gasteiger partial charge in [0.2, 0.25) is 0 Å². The van der Waals surface area contributed by atoms with Gasteiger partial charge in [-0.15, -0.1) is 0 Å². The van der Waals surface area contributed by atoms with Crippen LogP contribution < -0.4 is 0 Å². The van der Waals surface area contributed by atoms with Crippen LogP contribution in [0, 0.1) is 0 Å². The Kier molecular flexibility index (Phi) is 17.8. The third kappa shape index (κ3) is 11.1. The smallest absolute Gasteiger partial charge is 0.253 e. The van der Waals surface area contributed by atoms with Gasteiger partial charge in [-0.05, 0) is 135 Å². The highest BCUT2D eigenvalue weighted by atomic mass is 16.2. The number of benzene rings is 12. The average molecular weight is 1680 g/mol. The van der Waals surface area contributed by atoms with Crippen LogP contribution >= 0.6 is 0 Å². The van der Waals surface area contributed by atoms with E-state index >= 15 is 38.4 Å².